The van der Waals surface area contributed by atoms with E-state index < -0.39 is 17.6 Å². The molecule has 28 heavy (non-hydrogen) atoms. The molecule has 2 aliphatic rings. The van der Waals surface area contributed by atoms with Crippen LogP contribution in [-0.4, -0.2) is 42.1 Å². The van der Waals surface area contributed by atoms with Crippen LogP contribution in [0, 0.1) is 11.8 Å². The van der Waals surface area contributed by atoms with Crippen molar-refractivity contribution >= 4 is 40.8 Å². The fraction of sp³-hybridized carbons (Fsp3) is 0.571. The van der Waals surface area contributed by atoms with Crippen LogP contribution in [0.3, 0.4) is 0 Å². The van der Waals surface area contributed by atoms with Crippen molar-refractivity contribution in [3.63, 3.8) is 0 Å². The van der Waals surface area contributed by atoms with Gasteiger partial charge in [0, 0.05) is 13.6 Å². The van der Waals surface area contributed by atoms with Gasteiger partial charge in [0.15, 0.2) is 0 Å². The Balaban J connectivity index is 1.57. The van der Waals surface area contributed by atoms with E-state index in [4.69, 9.17) is 23.2 Å². The molecule has 0 bridgehead atoms. The van der Waals surface area contributed by atoms with Crippen molar-refractivity contribution < 1.29 is 14.4 Å². The van der Waals surface area contributed by atoms with Crippen molar-refractivity contribution in [3.05, 3.63) is 33.8 Å². The Labute approximate surface area is 175 Å². The van der Waals surface area contributed by atoms with E-state index in [1.54, 1.807) is 13.1 Å². The number of aryl methyl sites for hydroxylation is 1. The average Bonchev–Trinajstić information content (AvgIpc) is 2.92. The van der Waals surface area contributed by atoms with Crippen LogP contribution in [0.15, 0.2) is 18.2 Å². The maximum atomic E-state index is 12.8. The number of hydrogen-bond acceptors (Lipinski definition) is 3. The molecule has 2 unspecified atom stereocenters. The highest BCUT2D eigenvalue weighted by Gasteiger charge is 2.52. The largest absolute Gasteiger partial charge is 0.355 e. The lowest BCUT2D eigenvalue weighted by atomic mass is 9.78. The Morgan fingerprint density at radius 3 is 2.54 bits per heavy atom. The van der Waals surface area contributed by atoms with Gasteiger partial charge in [-0.2, -0.15) is 0 Å². The van der Waals surface area contributed by atoms with Gasteiger partial charge in [0.1, 0.15) is 5.92 Å². The first kappa shape index (κ1) is 21.1. The molecule has 5 nitrogen and oxygen atoms in total. The van der Waals surface area contributed by atoms with Crippen molar-refractivity contribution in [2.45, 2.75) is 51.0 Å². The number of rotatable bonds is 6. The zero-order valence-electron chi connectivity index (χ0n) is 16.0. The van der Waals surface area contributed by atoms with Crippen LogP contribution in [0.5, 0.6) is 0 Å². The highest BCUT2D eigenvalue weighted by molar-refractivity contribution is 6.43. The third kappa shape index (κ3) is 4.52. The number of nitrogens with zero attached hydrogens (tertiary/aromatic N) is 1. The first-order valence-corrected chi connectivity index (χ1v) is 10.7. The zero-order valence-corrected chi connectivity index (χ0v) is 17.6. The van der Waals surface area contributed by atoms with E-state index in [9.17, 15) is 14.4 Å². The van der Waals surface area contributed by atoms with Gasteiger partial charge in [-0.15, -0.1) is 0 Å². The number of benzene rings is 1. The van der Waals surface area contributed by atoms with Crippen molar-refractivity contribution in [1.29, 1.82) is 0 Å². The molecular weight excluding hydrogens is 399 g/mol. The second-order valence-electron chi connectivity index (χ2n) is 7.79. The van der Waals surface area contributed by atoms with Gasteiger partial charge in [-0.05, 0) is 49.3 Å². The minimum Gasteiger partial charge on any atom is -0.355 e. The molecule has 1 aliphatic carbocycles. The van der Waals surface area contributed by atoms with Crippen LogP contribution in [0.4, 0.5) is 0 Å². The SMILES string of the molecule is CN1C(=O)C(=O)C(C(=O)NCCCc2ccc(Cl)c(Cl)c2)C1C1CCCCC1. The van der Waals surface area contributed by atoms with Crippen molar-refractivity contribution in [1.82, 2.24) is 10.2 Å². The second kappa shape index (κ2) is 9.27. The van der Waals surface area contributed by atoms with E-state index in [0.717, 1.165) is 37.7 Å². The maximum absolute atomic E-state index is 12.8. The number of halogens is 2. The maximum Gasteiger partial charge on any atom is 0.290 e. The quantitative estimate of drug-likeness (QED) is 0.430. The third-order valence-electron chi connectivity index (χ3n) is 5.94. The molecule has 1 heterocycles. The van der Waals surface area contributed by atoms with Crippen LogP contribution < -0.4 is 5.32 Å². The Bertz CT molecular complexity index is 762. The van der Waals surface area contributed by atoms with E-state index in [0.29, 0.717) is 23.0 Å². The number of likely N-dealkylation sites (N-methyl/N-ethyl adjacent to an activating group) is 1. The Morgan fingerprint density at radius 2 is 1.86 bits per heavy atom. The number of carbonyl (C=O) groups excluding carboxylic acids is 3. The standard InChI is InChI=1S/C21H26Cl2N2O3/c1-25-18(14-7-3-2-4-8-14)17(19(26)21(25)28)20(27)24-11-5-6-13-9-10-15(22)16(23)12-13/h9-10,12,14,17-18H,2-8,11H2,1H3,(H,24,27). The fourth-order valence-corrected chi connectivity index (χ4v) is 4.79. The average molecular weight is 425 g/mol. The summed E-state index contributed by atoms with van der Waals surface area (Å²) in [6, 6.07) is 5.17. The third-order valence-corrected chi connectivity index (χ3v) is 6.68. The number of hydrogen-bond donors (Lipinski definition) is 1. The summed E-state index contributed by atoms with van der Waals surface area (Å²) in [5, 5.41) is 3.89. The monoisotopic (exact) mass is 424 g/mol. The molecule has 2 atom stereocenters. The van der Waals surface area contributed by atoms with E-state index in [2.05, 4.69) is 5.32 Å². The van der Waals surface area contributed by atoms with Gasteiger partial charge < -0.3 is 10.2 Å². The van der Waals surface area contributed by atoms with Gasteiger partial charge in [0.05, 0.1) is 16.1 Å². The number of ketones is 1. The molecule has 1 saturated heterocycles. The molecule has 1 N–H and O–H groups in total. The zero-order chi connectivity index (χ0) is 20.3. The van der Waals surface area contributed by atoms with E-state index >= 15 is 0 Å². The number of carbonyl (C=O) groups is 3. The molecule has 2 amide bonds. The van der Waals surface area contributed by atoms with Gasteiger partial charge in [-0.1, -0.05) is 48.5 Å². The summed E-state index contributed by atoms with van der Waals surface area (Å²) < 4.78 is 0. The molecule has 1 aromatic carbocycles. The van der Waals surface area contributed by atoms with Gasteiger partial charge in [-0.3, -0.25) is 14.4 Å². The molecule has 0 radical (unpaired) electrons. The van der Waals surface area contributed by atoms with Crippen molar-refractivity contribution in [3.8, 4) is 0 Å². The highest BCUT2D eigenvalue weighted by atomic mass is 35.5. The smallest absolute Gasteiger partial charge is 0.290 e. The van der Waals surface area contributed by atoms with Crippen molar-refractivity contribution in [2.24, 2.45) is 11.8 Å². The summed E-state index contributed by atoms with van der Waals surface area (Å²) in [6.45, 7) is 0.443. The van der Waals surface area contributed by atoms with E-state index in [-0.39, 0.29) is 17.9 Å². The molecule has 1 aromatic rings. The molecule has 1 aliphatic heterocycles. The summed E-state index contributed by atoms with van der Waals surface area (Å²) in [4.78, 5) is 38.9. The molecular formula is C21H26Cl2N2O3. The first-order valence-electron chi connectivity index (χ1n) is 9.93. The number of Topliss-reactive ketones (excluding diaryl/α,β-unsaturated/α-hetero) is 1. The minimum absolute atomic E-state index is 0.223. The topological polar surface area (TPSA) is 66.5 Å². The van der Waals surface area contributed by atoms with Crippen LogP contribution in [0.25, 0.3) is 0 Å². The fourth-order valence-electron chi connectivity index (χ4n) is 4.47. The predicted molar refractivity (Wildman–Crippen MR) is 109 cm³/mol. The molecule has 2 fully saturated rings. The molecule has 152 valence electrons. The van der Waals surface area contributed by atoms with Crippen molar-refractivity contribution in [2.75, 3.05) is 13.6 Å². The summed E-state index contributed by atoms with van der Waals surface area (Å²) in [7, 11) is 1.65. The summed E-state index contributed by atoms with van der Waals surface area (Å²) in [5.41, 5.74) is 1.04. The molecule has 0 aromatic heterocycles. The number of likely N-dealkylation sites (tertiary alicyclic amines) is 1. The predicted octanol–water partition coefficient (Wildman–Crippen LogP) is 3.65. The Hall–Kier alpha value is -1.59. The van der Waals surface area contributed by atoms with E-state index in [1.807, 2.05) is 12.1 Å². The van der Waals surface area contributed by atoms with Gasteiger partial charge in [-0.25, -0.2) is 0 Å². The second-order valence-corrected chi connectivity index (χ2v) is 8.60. The van der Waals surface area contributed by atoms with Crippen LogP contribution in [0.2, 0.25) is 10.0 Å². The normalized spacial score (nSPS) is 23.3. The Morgan fingerprint density at radius 1 is 1.14 bits per heavy atom. The minimum atomic E-state index is -0.884. The molecule has 0 spiro atoms. The van der Waals surface area contributed by atoms with Crippen LogP contribution in [0.1, 0.15) is 44.1 Å². The molecule has 1 saturated carbocycles. The van der Waals surface area contributed by atoms with Crippen LogP contribution >= 0.6 is 23.2 Å². The lowest BCUT2D eigenvalue weighted by molar-refractivity contribution is -0.142. The summed E-state index contributed by atoms with van der Waals surface area (Å²) in [6.07, 6.45) is 6.75. The summed E-state index contributed by atoms with van der Waals surface area (Å²) in [5.74, 6) is -2.09. The number of amides is 2. The highest BCUT2D eigenvalue weighted by Crippen LogP contribution is 2.36. The first-order chi connectivity index (χ1) is 13.4. The van der Waals surface area contributed by atoms with Crippen LogP contribution in [-0.2, 0) is 20.8 Å². The lowest BCUT2D eigenvalue weighted by Gasteiger charge is -2.33. The van der Waals surface area contributed by atoms with Gasteiger partial charge in [0.2, 0.25) is 11.7 Å². The molecule has 3 rings (SSSR count). The Kier molecular flexibility index (Phi) is 7.00. The number of nitrogens with one attached hydrogen (secondary N) is 1. The van der Waals surface area contributed by atoms with E-state index in [1.165, 1.54) is 11.3 Å². The van der Waals surface area contributed by atoms with Gasteiger partial charge >= 0.3 is 0 Å². The lowest BCUT2D eigenvalue weighted by Crippen LogP contribution is -2.45. The molecule has 7 heteroatoms. The summed E-state index contributed by atoms with van der Waals surface area (Å²) >= 11 is 11.9. The van der Waals surface area contributed by atoms with Gasteiger partial charge in [0.25, 0.3) is 5.91 Å².